The van der Waals surface area contributed by atoms with Crippen molar-refractivity contribution in [1.29, 1.82) is 0 Å². The van der Waals surface area contributed by atoms with Crippen LogP contribution in [-0.4, -0.2) is 21.2 Å². The third-order valence-electron chi connectivity index (χ3n) is 4.87. The van der Waals surface area contributed by atoms with Gasteiger partial charge in [-0.1, -0.05) is 10.3 Å². The first-order valence-corrected chi connectivity index (χ1v) is 9.44. The molecule has 152 valence electrons. The second kappa shape index (κ2) is 7.49. The van der Waals surface area contributed by atoms with Gasteiger partial charge in [0.15, 0.2) is 5.76 Å². The highest BCUT2D eigenvalue weighted by molar-refractivity contribution is 6.13. The molecule has 0 radical (unpaired) electrons. The maximum atomic E-state index is 13.3. The summed E-state index contributed by atoms with van der Waals surface area (Å²) in [6, 6.07) is 16.5. The fourth-order valence-electron chi connectivity index (χ4n) is 3.32. The number of pyridine rings is 1. The number of carbonyl (C=O) groups is 1. The summed E-state index contributed by atoms with van der Waals surface area (Å²) < 4.78 is 23.7. The molecule has 0 fully saturated rings. The normalized spacial score (nSPS) is 11.0. The number of benzene rings is 2. The Hall–Kier alpha value is -4.33. The molecule has 0 saturated carbocycles. The van der Waals surface area contributed by atoms with E-state index in [0.717, 1.165) is 5.56 Å². The van der Waals surface area contributed by atoms with E-state index < -0.39 is 0 Å². The van der Waals surface area contributed by atoms with Gasteiger partial charge in [-0.05, 0) is 61.5 Å². The molecule has 0 unspecified atom stereocenters. The average Bonchev–Trinajstić information content (AvgIpc) is 3.45. The van der Waals surface area contributed by atoms with Crippen molar-refractivity contribution in [3.63, 3.8) is 0 Å². The van der Waals surface area contributed by atoms with Crippen LogP contribution in [-0.2, 0) is 0 Å². The number of hydrogen-bond donors (Lipinski definition) is 1. The van der Waals surface area contributed by atoms with Gasteiger partial charge < -0.3 is 14.4 Å². The van der Waals surface area contributed by atoms with E-state index in [2.05, 4.69) is 20.6 Å². The summed E-state index contributed by atoms with van der Waals surface area (Å²) in [6.45, 7) is 1.74. The van der Waals surface area contributed by atoms with Crippen LogP contribution in [0.5, 0.6) is 0 Å². The minimum absolute atomic E-state index is 0.241. The van der Waals surface area contributed by atoms with Crippen LogP contribution in [0.15, 0.2) is 75.9 Å². The number of aryl methyl sites for hydroxylation is 1. The van der Waals surface area contributed by atoms with Crippen molar-refractivity contribution < 1.29 is 18.2 Å². The minimum atomic E-state index is -0.355. The van der Waals surface area contributed by atoms with Crippen LogP contribution in [0, 0.1) is 12.7 Å². The van der Waals surface area contributed by atoms with Crippen molar-refractivity contribution in [1.82, 2.24) is 15.3 Å². The number of nitrogens with zero attached hydrogens (tertiary/aromatic N) is 3. The summed E-state index contributed by atoms with van der Waals surface area (Å²) in [6.07, 6.45) is 1.57. The van der Waals surface area contributed by atoms with Crippen LogP contribution in [0.25, 0.3) is 33.7 Å². The summed E-state index contributed by atoms with van der Waals surface area (Å²) in [7, 11) is 0. The average molecular weight is 414 g/mol. The number of halogens is 1. The summed E-state index contributed by atoms with van der Waals surface area (Å²) in [5.74, 6) is -0.0562. The van der Waals surface area contributed by atoms with E-state index in [0.29, 0.717) is 39.3 Å². The van der Waals surface area contributed by atoms with Crippen molar-refractivity contribution in [3.05, 3.63) is 83.9 Å². The smallest absolute Gasteiger partial charge is 0.259 e. The Morgan fingerprint density at radius 1 is 0.968 bits per heavy atom. The van der Waals surface area contributed by atoms with E-state index in [1.54, 1.807) is 49.5 Å². The van der Waals surface area contributed by atoms with Gasteiger partial charge in [0.1, 0.15) is 5.82 Å². The van der Waals surface area contributed by atoms with Crippen LogP contribution >= 0.6 is 0 Å². The van der Waals surface area contributed by atoms with Gasteiger partial charge in [-0.15, -0.1) is 0 Å². The van der Waals surface area contributed by atoms with Gasteiger partial charge >= 0.3 is 0 Å². The van der Waals surface area contributed by atoms with E-state index >= 15 is 0 Å². The molecule has 31 heavy (non-hydrogen) atoms. The first-order valence-electron chi connectivity index (χ1n) is 9.44. The lowest BCUT2D eigenvalue weighted by Crippen LogP contribution is -2.13. The molecule has 0 spiro atoms. The van der Waals surface area contributed by atoms with E-state index in [1.807, 2.05) is 12.1 Å². The van der Waals surface area contributed by atoms with Crippen LogP contribution < -0.4 is 5.32 Å². The number of hydrogen-bond acceptors (Lipinski definition) is 6. The first kappa shape index (κ1) is 18.7. The summed E-state index contributed by atoms with van der Waals surface area (Å²) in [4.78, 5) is 17.6. The van der Waals surface area contributed by atoms with Crippen LogP contribution in [0.1, 0.15) is 16.1 Å². The number of aromatic nitrogens is 3. The van der Waals surface area contributed by atoms with Gasteiger partial charge in [0, 0.05) is 22.9 Å². The zero-order valence-electron chi connectivity index (χ0n) is 16.3. The van der Waals surface area contributed by atoms with E-state index in [9.17, 15) is 9.18 Å². The largest absolute Gasteiger partial charge is 0.356 e. The Balaban J connectivity index is 1.50. The lowest BCUT2D eigenvalue weighted by Gasteiger charge is -2.09. The van der Waals surface area contributed by atoms with Gasteiger partial charge in [0.2, 0.25) is 0 Å². The summed E-state index contributed by atoms with van der Waals surface area (Å²) in [5, 5.41) is 11.0. The molecule has 3 aromatic heterocycles. The number of amides is 1. The molecule has 0 aliphatic heterocycles. The Labute approximate surface area is 175 Å². The number of anilines is 1. The standard InChI is InChI=1S/C23H15FN4O3/c1-13-21-18(12-19(27-23(21)31-28-13)14-2-6-16(24)7-3-14)22(29)26-17-8-4-15(5-9-17)20-10-11-25-30-20/h2-12H,1H3,(H,26,29). The predicted octanol–water partition coefficient (Wildman–Crippen LogP) is 5.24. The molecule has 5 rings (SSSR count). The molecule has 7 nitrogen and oxygen atoms in total. The van der Waals surface area contributed by atoms with Crippen molar-refractivity contribution in [2.45, 2.75) is 6.92 Å². The molecule has 8 heteroatoms. The Kier molecular flexibility index (Phi) is 4.51. The fraction of sp³-hybridized carbons (Fsp3) is 0.0435. The van der Waals surface area contributed by atoms with Crippen molar-refractivity contribution >= 4 is 22.7 Å². The Morgan fingerprint density at radius 2 is 1.71 bits per heavy atom. The maximum Gasteiger partial charge on any atom is 0.259 e. The number of fused-ring (bicyclic) bond motifs is 1. The molecule has 0 atom stereocenters. The van der Waals surface area contributed by atoms with E-state index in [4.69, 9.17) is 9.05 Å². The lowest BCUT2D eigenvalue weighted by molar-refractivity contribution is 0.102. The molecule has 1 N–H and O–H groups in total. The van der Waals surface area contributed by atoms with Crippen molar-refractivity contribution in [3.8, 4) is 22.6 Å². The topological polar surface area (TPSA) is 94.0 Å². The predicted molar refractivity (Wildman–Crippen MR) is 112 cm³/mol. The molecule has 5 aromatic rings. The second-order valence-corrected chi connectivity index (χ2v) is 6.92. The maximum absolute atomic E-state index is 13.3. The quantitative estimate of drug-likeness (QED) is 0.432. The molecular weight excluding hydrogens is 399 g/mol. The third-order valence-corrected chi connectivity index (χ3v) is 4.87. The van der Waals surface area contributed by atoms with E-state index in [-0.39, 0.29) is 17.4 Å². The molecule has 2 aromatic carbocycles. The monoisotopic (exact) mass is 414 g/mol. The zero-order valence-corrected chi connectivity index (χ0v) is 16.3. The van der Waals surface area contributed by atoms with Crippen LogP contribution in [0.3, 0.4) is 0 Å². The van der Waals surface area contributed by atoms with E-state index in [1.165, 1.54) is 12.1 Å². The molecule has 0 saturated heterocycles. The Morgan fingerprint density at radius 3 is 2.42 bits per heavy atom. The third kappa shape index (κ3) is 3.55. The highest BCUT2D eigenvalue weighted by Crippen LogP contribution is 2.28. The molecule has 0 aliphatic rings. The summed E-state index contributed by atoms with van der Waals surface area (Å²) >= 11 is 0. The van der Waals surface area contributed by atoms with Gasteiger partial charge in [0.05, 0.1) is 28.5 Å². The zero-order chi connectivity index (χ0) is 21.4. The number of carbonyl (C=O) groups excluding carboxylic acids is 1. The Bertz CT molecular complexity index is 1380. The molecule has 0 aliphatic carbocycles. The SMILES string of the molecule is Cc1noc2nc(-c3ccc(F)cc3)cc(C(=O)Nc3ccc(-c4ccno4)cc3)c12. The van der Waals surface area contributed by atoms with Crippen LogP contribution in [0.2, 0.25) is 0 Å². The highest BCUT2D eigenvalue weighted by atomic mass is 19.1. The second-order valence-electron chi connectivity index (χ2n) is 6.92. The minimum Gasteiger partial charge on any atom is -0.356 e. The number of rotatable bonds is 4. The molecule has 0 bridgehead atoms. The fourth-order valence-corrected chi connectivity index (χ4v) is 3.32. The van der Waals surface area contributed by atoms with Gasteiger partial charge in [0.25, 0.3) is 11.6 Å². The highest BCUT2D eigenvalue weighted by Gasteiger charge is 2.19. The van der Waals surface area contributed by atoms with Gasteiger partial charge in [-0.25, -0.2) is 9.37 Å². The van der Waals surface area contributed by atoms with Crippen LogP contribution in [0.4, 0.5) is 10.1 Å². The summed E-state index contributed by atoms with van der Waals surface area (Å²) in [5.41, 5.74) is 3.75. The molecular formula is C23H15FN4O3. The van der Waals surface area contributed by atoms with Gasteiger partial charge in [-0.3, -0.25) is 4.79 Å². The lowest BCUT2D eigenvalue weighted by atomic mass is 10.0. The van der Waals surface area contributed by atoms with Gasteiger partial charge in [-0.2, -0.15) is 0 Å². The van der Waals surface area contributed by atoms with Crippen molar-refractivity contribution in [2.24, 2.45) is 0 Å². The first-order chi connectivity index (χ1) is 15.1. The number of nitrogens with one attached hydrogen (secondary N) is 1. The van der Waals surface area contributed by atoms with Crippen molar-refractivity contribution in [2.75, 3.05) is 5.32 Å². The molecule has 1 amide bonds. The molecule has 3 heterocycles.